The summed E-state index contributed by atoms with van der Waals surface area (Å²) in [7, 11) is -3.66. The van der Waals surface area contributed by atoms with Gasteiger partial charge in [-0.25, -0.2) is 13.1 Å². The number of non-ortho nitro benzene ring substituents is 1. The Morgan fingerprint density at radius 1 is 1.30 bits per heavy atom. The Morgan fingerprint density at radius 3 is 2.40 bits per heavy atom. The molecular weight excluding hydrogens is 284 g/mol. The first-order valence-corrected chi connectivity index (χ1v) is 7.63. The van der Waals surface area contributed by atoms with E-state index in [-0.39, 0.29) is 23.7 Å². The highest BCUT2D eigenvalue weighted by molar-refractivity contribution is 7.89. The average molecular weight is 302 g/mol. The Balaban J connectivity index is 2.54. The molecule has 20 heavy (non-hydrogen) atoms. The fourth-order valence-electron chi connectivity index (χ4n) is 1.40. The summed E-state index contributed by atoms with van der Waals surface area (Å²) in [6.45, 7) is 5.01. The standard InChI is InChI=1S/C12H18N2O5S/c1-10(2)9-19-8-7-13-20(17,18)12-5-3-11(4-6-12)14(15)16/h3-6,10,13H,7-9H2,1-2H3. The van der Waals surface area contributed by atoms with Crippen molar-refractivity contribution >= 4 is 15.7 Å². The lowest BCUT2D eigenvalue weighted by atomic mass is 10.2. The van der Waals surface area contributed by atoms with Crippen LogP contribution in [0.3, 0.4) is 0 Å². The van der Waals surface area contributed by atoms with Crippen molar-refractivity contribution < 1.29 is 18.1 Å². The predicted octanol–water partition coefficient (Wildman–Crippen LogP) is 1.55. The highest BCUT2D eigenvalue weighted by atomic mass is 32.2. The van der Waals surface area contributed by atoms with Crippen molar-refractivity contribution in [1.82, 2.24) is 4.72 Å². The predicted molar refractivity (Wildman–Crippen MR) is 73.9 cm³/mol. The van der Waals surface area contributed by atoms with Crippen molar-refractivity contribution in [2.45, 2.75) is 18.7 Å². The van der Waals surface area contributed by atoms with Crippen LogP contribution in [0.15, 0.2) is 29.2 Å². The molecule has 0 aliphatic carbocycles. The van der Waals surface area contributed by atoms with Crippen LogP contribution in [0.4, 0.5) is 5.69 Å². The zero-order valence-electron chi connectivity index (χ0n) is 11.4. The third-order valence-electron chi connectivity index (χ3n) is 2.35. The lowest BCUT2D eigenvalue weighted by molar-refractivity contribution is -0.384. The molecule has 1 aromatic rings. The summed E-state index contributed by atoms with van der Waals surface area (Å²) in [5.74, 6) is 0.390. The average Bonchev–Trinajstić information content (AvgIpc) is 2.38. The quantitative estimate of drug-likeness (QED) is 0.446. The molecule has 0 saturated heterocycles. The van der Waals surface area contributed by atoms with Gasteiger partial charge in [-0.05, 0) is 18.1 Å². The van der Waals surface area contributed by atoms with Gasteiger partial charge in [0.2, 0.25) is 10.0 Å². The van der Waals surface area contributed by atoms with Gasteiger partial charge in [0.15, 0.2) is 0 Å². The summed E-state index contributed by atoms with van der Waals surface area (Å²) in [5.41, 5.74) is -0.149. The molecule has 0 radical (unpaired) electrons. The van der Waals surface area contributed by atoms with Crippen molar-refractivity contribution in [3.8, 4) is 0 Å². The molecule has 0 spiro atoms. The summed E-state index contributed by atoms with van der Waals surface area (Å²) < 4.78 is 31.4. The SMILES string of the molecule is CC(C)COCCNS(=O)(=O)c1ccc([N+](=O)[O-])cc1. The number of nitrogens with one attached hydrogen (secondary N) is 1. The van der Waals surface area contributed by atoms with Gasteiger partial charge in [0.05, 0.1) is 16.4 Å². The molecule has 1 rings (SSSR count). The van der Waals surface area contributed by atoms with Crippen molar-refractivity contribution in [2.24, 2.45) is 5.92 Å². The van der Waals surface area contributed by atoms with Crippen LogP contribution in [0.1, 0.15) is 13.8 Å². The molecule has 0 atom stereocenters. The van der Waals surface area contributed by atoms with Gasteiger partial charge in [-0.3, -0.25) is 10.1 Å². The van der Waals surface area contributed by atoms with Gasteiger partial charge in [0, 0.05) is 25.3 Å². The molecule has 0 bridgehead atoms. The van der Waals surface area contributed by atoms with Gasteiger partial charge in [-0.15, -0.1) is 0 Å². The molecular formula is C12H18N2O5S. The molecule has 112 valence electrons. The smallest absolute Gasteiger partial charge is 0.269 e. The van der Waals surface area contributed by atoms with Gasteiger partial charge >= 0.3 is 0 Å². The molecule has 0 aliphatic heterocycles. The number of nitrogens with zero attached hydrogens (tertiary/aromatic N) is 1. The minimum absolute atomic E-state index is 0.00744. The summed E-state index contributed by atoms with van der Waals surface area (Å²) in [6, 6.07) is 4.72. The largest absolute Gasteiger partial charge is 0.380 e. The topological polar surface area (TPSA) is 98.5 Å². The van der Waals surface area contributed by atoms with Crippen LogP contribution in [0.2, 0.25) is 0 Å². The maximum Gasteiger partial charge on any atom is 0.269 e. The van der Waals surface area contributed by atoms with E-state index in [0.717, 1.165) is 12.1 Å². The number of benzene rings is 1. The molecule has 0 amide bonds. The number of rotatable bonds is 8. The van der Waals surface area contributed by atoms with E-state index in [1.807, 2.05) is 13.8 Å². The maximum absolute atomic E-state index is 11.9. The first-order chi connectivity index (χ1) is 9.33. The van der Waals surface area contributed by atoms with Gasteiger partial charge < -0.3 is 4.74 Å². The zero-order chi connectivity index (χ0) is 15.2. The maximum atomic E-state index is 11.9. The van der Waals surface area contributed by atoms with Crippen LogP contribution >= 0.6 is 0 Å². The molecule has 0 aliphatic rings. The van der Waals surface area contributed by atoms with Crippen LogP contribution in [0.5, 0.6) is 0 Å². The minimum atomic E-state index is -3.66. The van der Waals surface area contributed by atoms with Gasteiger partial charge in [0.1, 0.15) is 0 Å². The third-order valence-corrected chi connectivity index (χ3v) is 3.82. The van der Waals surface area contributed by atoms with Crippen LogP contribution in [-0.2, 0) is 14.8 Å². The van der Waals surface area contributed by atoms with E-state index >= 15 is 0 Å². The van der Waals surface area contributed by atoms with Crippen molar-refractivity contribution in [2.75, 3.05) is 19.8 Å². The Kier molecular flexibility index (Phi) is 6.05. The van der Waals surface area contributed by atoms with E-state index in [1.54, 1.807) is 0 Å². The summed E-state index contributed by atoms with van der Waals surface area (Å²) in [4.78, 5) is 9.90. The molecule has 0 fully saturated rings. The summed E-state index contributed by atoms with van der Waals surface area (Å²) >= 11 is 0. The molecule has 8 heteroatoms. The first kappa shape index (κ1) is 16.5. The zero-order valence-corrected chi connectivity index (χ0v) is 12.2. The second kappa shape index (κ2) is 7.32. The van der Waals surface area contributed by atoms with Crippen LogP contribution in [0, 0.1) is 16.0 Å². The van der Waals surface area contributed by atoms with Crippen molar-refractivity contribution in [1.29, 1.82) is 0 Å². The molecule has 0 aromatic heterocycles. The van der Waals surface area contributed by atoms with E-state index < -0.39 is 14.9 Å². The van der Waals surface area contributed by atoms with Crippen molar-refractivity contribution in [3.05, 3.63) is 34.4 Å². The van der Waals surface area contributed by atoms with Crippen LogP contribution in [0.25, 0.3) is 0 Å². The molecule has 0 heterocycles. The fourth-order valence-corrected chi connectivity index (χ4v) is 2.41. The van der Waals surface area contributed by atoms with Gasteiger partial charge in [-0.1, -0.05) is 13.8 Å². The lowest BCUT2D eigenvalue weighted by Gasteiger charge is -2.08. The molecule has 7 nitrogen and oxygen atoms in total. The summed E-state index contributed by atoms with van der Waals surface area (Å²) in [5, 5.41) is 10.5. The second-order valence-electron chi connectivity index (χ2n) is 4.62. The van der Waals surface area contributed by atoms with Crippen LogP contribution in [-0.4, -0.2) is 33.1 Å². The molecule has 0 unspecified atom stereocenters. The molecule has 1 aromatic carbocycles. The van der Waals surface area contributed by atoms with E-state index in [9.17, 15) is 18.5 Å². The highest BCUT2D eigenvalue weighted by Gasteiger charge is 2.15. The van der Waals surface area contributed by atoms with Gasteiger partial charge in [0.25, 0.3) is 5.69 Å². The number of sulfonamides is 1. The van der Waals surface area contributed by atoms with Crippen molar-refractivity contribution in [3.63, 3.8) is 0 Å². The summed E-state index contributed by atoms with van der Waals surface area (Å²) in [6.07, 6.45) is 0. The highest BCUT2D eigenvalue weighted by Crippen LogP contribution is 2.15. The Bertz CT molecular complexity index is 539. The Labute approximate surface area is 118 Å². The Hall–Kier alpha value is -1.51. The normalized spacial score (nSPS) is 11.8. The number of hydrogen-bond donors (Lipinski definition) is 1. The van der Waals surface area contributed by atoms with E-state index in [4.69, 9.17) is 4.74 Å². The fraction of sp³-hybridized carbons (Fsp3) is 0.500. The first-order valence-electron chi connectivity index (χ1n) is 6.15. The monoisotopic (exact) mass is 302 g/mol. The van der Waals surface area contributed by atoms with E-state index in [0.29, 0.717) is 12.5 Å². The lowest BCUT2D eigenvalue weighted by Crippen LogP contribution is -2.27. The van der Waals surface area contributed by atoms with E-state index in [2.05, 4.69) is 4.72 Å². The number of nitro groups is 1. The molecule has 0 saturated carbocycles. The van der Waals surface area contributed by atoms with E-state index in [1.165, 1.54) is 12.1 Å². The Morgan fingerprint density at radius 2 is 1.90 bits per heavy atom. The number of nitro benzene ring substituents is 1. The van der Waals surface area contributed by atoms with Crippen LogP contribution < -0.4 is 4.72 Å². The second-order valence-corrected chi connectivity index (χ2v) is 6.38. The number of ether oxygens (including phenoxy) is 1. The third kappa shape index (κ3) is 5.24. The molecule has 1 N–H and O–H groups in total. The minimum Gasteiger partial charge on any atom is -0.380 e. The number of hydrogen-bond acceptors (Lipinski definition) is 5. The van der Waals surface area contributed by atoms with Gasteiger partial charge in [-0.2, -0.15) is 0 Å².